The molecule has 0 spiro atoms. The predicted molar refractivity (Wildman–Crippen MR) is 98.4 cm³/mol. The fourth-order valence-electron chi connectivity index (χ4n) is 2.43. The summed E-state index contributed by atoms with van der Waals surface area (Å²) in [4.78, 5) is 12.3. The molecule has 0 atom stereocenters. The second-order valence-electron chi connectivity index (χ2n) is 5.31. The summed E-state index contributed by atoms with van der Waals surface area (Å²) in [7, 11) is 1.45. The molecule has 25 heavy (non-hydrogen) atoms. The number of carbonyl (C=O) groups is 1. The van der Waals surface area contributed by atoms with Gasteiger partial charge in [0.2, 0.25) is 0 Å². The second kappa shape index (κ2) is 6.98. The summed E-state index contributed by atoms with van der Waals surface area (Å²) in [5.41, 5.74) is 4.50. The summed E-state index contributed by atoms with van der Waals surface area (Å²) < 4.78 is 11.1. The Hall–Kier alpha value is -2.80. The first-order chi connectivity index (χ1) is 12.0. The maximum atomic E-state index is 12.3. The largest absolute Gasteiger partial charge is 0.503 e. The number of aryl methyl sites for hydroxylation is 1. The molecule has 1 heterocycles. The van der Waals surface area contributed by atoms with Gasteiger partial charge < -0.3 is 14.3 Å². The Balaban J connectivity index is 1.79. The lowest BCUT2D eigenvalue weighted by molar-refractivity contribution is 0.0929. The van der Waals surface area contributed by atoms with Crippen molar-refractivity contribution >= 4 is 39.0 Å². The molecule has 0 bridgehead atoms. The van der Waals surface area contributed by atoms with Crippen LogP contribution in [0.3, 0.4) is 0 Å². The number of methoxy groups -OCH3 is 1. The van der Waals surface area contributed by atoms with Crippen molar-refractivity contribution in [3.05, 3.63) is 57.8 Å². The van der Waals surface area contributed by atoms with E-state index in [0.717, 1.165) is 10.9 Å². The summed E-state index contributed by atoms with van der Waals surface area (Å²) in [5.74, 6) is 0.0921. The Kier molecular flexibility index (Phi) is 4.76. The van der Waals surface area contributed by atoms with Crippen molar-refractivity contribution < 1.29 is 19.1 Å². The molecule has 0 saturated carbocycles. The molecule has 7 heteroatoms. The zero-order valence-electron chi connectivity index (χ0n) is 13.5. The molecule has 0 aliphatic heterocycles. The number of hydrogen-bond acceptors (Lipinski definition) is 5. The van der Waals surface area contributed by atoms with E-state index in [0.29, 0.717) is 21.4 Å². The maximum Gasteiger partial charge on any atom is 0.307 e. The SMILES string of the molecule is COc1cc(/C=N/NC(=O)c2oc3ccccc3c2C)cc(Br)c1O. The van der Waals surface area contributed by atoms with Crippen molar-refractivity contribution in [2.24, 2.45) is 5.10 Å². The van der Waals surface area contributed by atoms with E-state index in [2.05, 4.69) is 26.5 Å². The topological polar surface area (TPSA) is 84.1 Å². The molecule has 0 unspecified atom stereocenters. The van der Waals surface area contributed by atoms with Crippen LogP contribution in [0.1, 0.15) is 21.7 Å². The van der Waals surface area contributed by atoms with Crippen LogP contribution in [0.5, 0.6) is 11.5 Å². The van der Waals surface area contributed by atoms with E-state index in [1.54, 1.807) is 12.1 Å². The average molecular weight is 403 g/mol. The van der Waals surface area contributed by atoms with Gasteiger partial charge >= 0.3 is 5.91 Å². The van der Waals surface area contributed by atoms with Crippen LogP contribution >= 0.6 is 15.9 Å². The van der Waals surface area contributed by atoms with E-state index in [1.807, 2.05) is 31.2 Å². The number of para-hydroxylation sites is 1. The zero-order valence-corrected chi connectivity index (χ0v) is 15.1. The summed E-state index contributed by atoms with van der Waals surface area (Å²) in [6.45, 7) is 1.83. The van der Waals surface area contributed by atoms with Crippen molar-refractivity contribution in [2.75, 3.05) is 7.11 Å². The second-order valence-corrected chi connectivity index (χ2v) is 6.16. The molecule has 2 N–H and O–H groups in total. The maximum absolute atomic E-state index is 12.3. The fraction of sp³-hybridized carbons (Fsp3) is 0.111. The van der Waals surface area contributed by atoms with Crippen LogP contribution < -0.4 is 10.2 Å². The molecule has 6 nitrogen and oxygen atoms in total. The van der Waals surface area contributed by atoms with Crippen LogP contribution in [0.2, 0.25) is 0 Å². The minimum absolute atomic E-state index is 0.00147. The molecule has 1 aromatic heterocycles. The molecule has 0 aliphatic rings. The third-order valence-corrected chi connectivity index (χ3v) is 4.30. The molecule has 0 saturated heterocycles. The molecule has 0 fully saturated rings. The number of nitrogens with one attached hydrogen (secondary N) is 1. The Morgan fingerprint density at radius 3 is 2.84 bits per heavy atom. The Morgan fingerprint density at radius 2 is 2.12 bits per heavy atom. The van der Waals surface area contributed by atoms with Crippen molar-refractivity contribution in [1.82, 2.24) is 5.43 Å². The number of amides is 1. The first kappa shape index (κ1) is 17.0. The summed E-state index contributed by atoms with van der Waals surface area (Å²) in [5, 5.41) is 14.6. The number of carbonyl (C=O) groups excluding carboxylic acids is 1. The van der Waals surface area contributed by atoms with Gasteiger partial charge in [-0.1, -0.05) is 18.2 Å². The number of halogens is 1. The van der Waals surface area contributed by atoms with Crippen LogP contribution in [0, 0.1) is 6.92 Å². The van der Waals surface area contributed by atoms with Gasteiger partial charge in [0.05, 0.1) is 17.8 Å². The van der Waals surface area contributed by atoms with E-state index in [9.17, 15) is 9.90 Å². The van der Waals surface area contributed by atoms with E-state index in [4.69, 9.17) is 9.15 Å². The smallest absolute Gasteiger partial charge is 0.307 e. The van der Waals surface area contributed by atoms with Crippen LogP contribution in [0.25, 0.3) is 11.0 Å². The minimum Gasteiger partial charge on any atom is -0.503 e. The number of nitrogens with zero attached hydrogens (tertiary/aromatic N) is 1. The highest BCUT2D eigenvalue weighted by atomic mass is 79.9. The zero-order chi connectivity index (χ0) is 18.0. The van der Waals surface area contributed by atoms with Crippen molar-refractivity contribution in [1.29, 1.82) is 0 Å². The summed E-state index contributed by atoms with van der Waals surface area (Å²) in [6.07, 6.45) is 1.45. The molecular formula is C18H15BrN2O4. The van der Waals surface area contributed by atoms with Gasteiger partial charge in [0.1, 0.15) is 5.58 Å². The lowest BCUT2D eigenvalue weighted by atomic mass is 10.1. The van der Waals surface area contributed by atoms with Gasteiger partial charge in [-0.05, 0) is 46.6 Å². The third-order valence-electron chi connectivity index (χ3n) is 3.70. The summed E-state index contributed by atoms with van der Waals surface area (Å²) >= 11 is 3.23. The van der Waals surface area contributed by atoms with Crippen molar-refractivity contribution in [3.63, 3.8) is 0 Å². The molecule has 128 valence electrons. The Bertz CT molecular complexity index is 979. The normalized spacial score (nSPS) is 11.2. The fourth-order valence-corrected chi connectivity index (χ4v) is 2.89. The Labute approximate surface area is 152 Å². The van der Waals surface area contributed by atoms with Gasteiger partial charge in [-0.3, -0.25) is 4.79 Å². The number of rotatable bonds is 4. The number of phenolic OH excluding ortho intramolecular Hbond substituents is 1. The number of hydrogen-bond donors (Lipinski definition) is 2. The van der Waals surface area contributed by atoms with E-state index < -0.39 is 5.91 Å². The number of aromatic hydroxyl groups is 1. The molecule has 1 amide bonds. The van der Waals surface area contributed by atoms with Gasteiger partial charge in [0.25, 0.3) is 0 Å². The molecule has 0 aliphatic carbocycles. The average Bonchev–Trinajstić information content (AvgIpc) is 2.95. The van der Waals surface area contributed by atoms with Gasteiger partial charge in [0.15, 0.2) is 17.3 Å². The monoisotopic (exact) mass is 402 g/mol. The van der Waals surface area contributed by atoms with E-state index in [1.165, 1.54) is 13.3 Å². The number of ether oxygens (including phenoxy) is 1. The molecule has 2 aromatic carbocycles. The van der Waals surface area contributed by atoms with Gasteiger partial charge in [-0.2, -0.15) is 5.10 Å². The quantitative estimate of drug-likeness (QED) is 0.510. The van der Waals surface area contributed by atoms with Crippen LogP contribution in [0.15, 0.2) is 50.4 Å². The lowest BCUT2D eigenvalue weighted by Gasteiger charge is -2.06. The number of hydrazone groups is 1. The van der Waals surface area contributed by atoms with Crippen LogP contribution in [-0.2, 0) is 0 Å². The first-order valence-corrected chi connectivity index (χ1v) is 8.18. The number of furan rings is 1. The third kappa shape index (κ3) is 3.36. The summed E-state index contributed by atoms with van der Waals surface area (Å²) in [6, 6.07) is 10.7. The molecule has 3 aromatic rings. The highest BCUT2D eigenvalue weighted by Crippen LogP contribution is 2.34. The molecule has 3 rings (SSSR count). The molecule has 0 radical (unpaired) electrons. The van der Waals surface area contributed by atoms with E-state index in [-0.39, 0.29) is 11.5 Å². The highest BCUT2D eigenvalue weighted by molar-refractivity contribution is 9.10. The highest BCUT2D eigenvalue weighted by Gasteiger charge is 2.16. The number of phenols is 1. The predicted octanol–water partition coefficient (Wildman–Crippen LogP) is 3.98. The Morgan fingerprint density at radius 1 is 1.36 bits per heavy atom. The van der Waals surface area contributed by atoms with Crippen molar-refractivity contribution in [3.8, 4) is 11.5 Å². The van der Waals surface area contributed by atoms with Crippen LogP contribution in [-0.4, -0.2) is 24.3 Å². The number of fused-ring (bicyclic) bond motifs is 1. The van der Waals surface area contributed by atoms with E-state index >= 15 is 0 Å². The standard InChI is InChI=1S/C18H15BrN2O4/c1-10-12-5-3-4-6-14(12)25-17(10)18(23)21-20-9-11-7-13(19)16(22)15(8-11)24-2/h3-9,22H,1-2H3,(H,21,23)/b20-9+. The van der Waals surface area contributed by atoms with Gasteiger partial charge in [-0.15, -0.1) is 0 Å². The van der Waals surface area contributed by atoms with Crippen LogP contribution in [0.4, 0.5) is 0 Å². The van der Waals surface area contributed by atoms with Crippen molar-refractivity contribution in [2.45, 2.75) is 6.92 Å². The lowest BCUT2D eigenvalue weighted by Crippen LogP contribution is -2.17. The first-order valence-electron chi connectivity index (χ1n) is 7.39. The molecular weight excluding hydrogens is 388 g/mol. The van der Waals surface area contributed by atoms with Gasteiger partial charge in [-0.25, -0.2) is 5.43 Å². The number of benzene rings is 2. The van der Waals surface area contributed by atoms with Gasteiger partial charge in [0, 0.05) is 10.9 Å². The minimum atomic E-state index is -0.435.